The molecule has 0 saturated carbocycles. The molecule has 110 valence electrons. The van der Waals surface area contributed by atoms with Crippen LogP contribution in [0, 0.1) is 0 Å². The summed E-state index contributed by atoms with van der Waals surface area (Å²) in [5.41, 5.74) is 2.29. The van der Waals surface area contributed by atoms with Crippen molar-refractivity contribution in [2.24, 2.45) is 0 Å². The summed E-state index contributed by atoms with van der Waals surface area (Å²) in [5.74, 6) is 3.37. The zero-order valence-electron chi connectivity index (χ0n) is 11.5. The van der Waals surface area contributed by atoms with E-state index in [1.807, 2.05) is 42.2 Å². The summed E-state index contributed by atoms with van der Waals surface area (Å²) in [5, 5.41) is 0.632. The van der Waals surface area contributed by atoms with Crippen molar-refractivity contribution >= 4 is 23.4 Å². The SMILES string of the molecule is Clc1cc(CSCCc2ccccn2)cc2c1OCCO2. The highest BCUT2D eigenvalue weighted by Gasteiger charge is 2.16. The molecular formula is C16H16ClNO2S. The Hall–Kier alpha value is -1.39. The molecule has 1 aliphatic rings. The Bertz CT molecular complexity index is 607. The third-order valence-electron chi connectivity index (χ3n) is 3.15. The highest BCUT2D eigenvalue weighted by atomic mass is 35.5. The molecule has 0 bridgehead atoms. The van der Waals surface area contributed by atoms with Crippen LogP contribution in [0.4, 0.5) is 0 Å². The Labute approximate surface area is 133 Å². The van der Waals surface area contributed by atoms with Crippen molar-refractivity contribution in [1.82, 2.24) is 4.98 Å². The number of hydrogen-bond donors (Lipinski definition) is 0. The molecule has 2 aromatic rings. The first-order valence-electron chi connectivity index (χ1n) is 6.88. The summed E-state index contributed by atoms with van der Waals surface area (Å²) in [6.45, 7) is 1.14. The molecule has 1 aromatic heterocycles. The van der Waals surface area contributed by atoms with E-state index in [2.05, 4.69) is 11.1 Å². The van der Waals surface area contributed by atoms with Crippen molar-refractivity contribution in [1.29, 1.82) is 0 Å². The number of rotatable bonds is 5. The van der Waals surface area contributed by atoms with Crippen LogP contribution in [0.25, 0.3) is 0 Å². The maximum absolute atomic E-state index is 6.23. The van der Waals surface area contributed by atoms with Gasteiger partial charge in [-0.15, -0.1) is 0 Å². The van der Waals surface area contributed by atoms with Crippen molar-refractivity contribution in [3.8, 4) is 11.5 Å². The molecule has 1 aromatic carbocycles. The largest absolute Gasteiger partial charge is 0.486 e. The molecule has 0 radical (unpaired) electrons. The Morgan fingerprint density at radius 1 is 1.19 bits per heavy atom. The lowest BCUT2D eigenvalue weighted by molar-refractivity contribution is 0.171. The fraction of sp³-hybridized carbons (Fsp3) is 0.312. The fourth-order valence-electron chi connectivity index (χ4n) is 2.16. The average Bonchev–Trinajstić information content (AvgIpc) is 2.53. The van der Waals surface area contributed by atoms with E-state index in [9.17, 15) is 0 Å². The van der Waals surface area contributed by atoms with Crippen LogP contribution >= 0.6 is 23.4 Å². The number of nitrogens with zero attached hydrogens (tertiary/aromatic N) is 1. The molecule has 3 rings (SSSR count). The van der Waals surface area contributed by atoms with E-state index in [0.29, 0.717) is 24.0 Å². The second-order valence-electron chi connectivity index (χ2n) is 4.73. The molecule has 0 aliphatic carbocycles. The van der Waals surface area contributed by atoms with Crippen LogP contribution in [0.15, 0.2) is 36.5 Å². The van der Waals surface area contributed by atoms with Gasteiger partial charge < -0.3 is 9.47 Å². The quantitative estimate of drug-likeness (QED) is 0.779. The number of pyridine rings is 1. The molecule has 1 aliphatic heterocycles. The van der Waals surface area contributed by atoms with E-state index in [4.69, 9.17) is 21.1 Å². The van der Waals surface area contributed by atoms with Gasteiger partial charge in [0.25, 0.3) is 0 Å². The van der Waals surface area contributed by atoms with Crippen molar-refractivity contribution in [3.05, 3.63) is 52.8 Å². The predicted molar refractivity (Wildman–Crippen MR) is 86.5 cm³/mol. The lowest BCUT2D eigenvalue weighted by atomic mass is 10.2. The van der Waals surface area contributed by atoms with Crippen molar-refractivity contribution < 1.29 is 9.47 Å². The van der Waals surface area contributed by atoms with Crippen LogP contribution in [0.5, 0.6) is 11.5 Å². The Kier molecular flexibility index (Phi) is 4.88. The van der Waals surface area contributed by atoms with E-state index in [1.54, 1.807) is 0 Å². The van der Waals surface area contributed by atoms with Gasteiger partial charge in [-0.25, -0.2) is 0 Å². The highest BCUT2D eigenvalue weighted by Crippen LogP contribution is 2.39. The van der Waals surface area contributed by atoms with Gasteiger partial charge in [0.15, 0.2) is 11.5 Å². The van der Waals surface area contributed by atoms with Gasteiger partial charge in [-0.3, -0.25) is 4.98 Å². The van der Waals surface area contributed by atoms with Crippen LogP contribution in [0.2, 0.25) is 5.02 Å². The van der Waals surface area contributed by atoms with Gasteiger partial charge in [0, 0.05) is 17.6 Å². The number of aryl methyl sites for hydroxylation is 1. The van der Waals surface area contributed by atoms with Gasteiger partial charge in [-0.2, -0.15) is 11.8 Å². The molecule has 3 nitrogen and oxygen atoms in total. The first-order chi connectivity index (χ1) is 10.3. The van der Waals surface area contributed by atoms with E-state index in [-0.39, 0.29) is 0 Å². The Morgan fingerprint density at radius 2 is 2.10 bits per heavy atom. The smallest absolute Gasteiger partial charge is 0.179 e. The molecule has 0 spiro atoms. The molecule has 0 N–H and O–H groups in total. The lowest BCUT2D eigenvalue weighted by Crippen LogP contribution is -2.15. The van der Waals surface area contributed by atoms with Crippen molar-refractivity contribution in [2.75, 3.05) is 19.0 Å². The number of benzene rings is 1. The molecular weight excluding hydrogens is 306 g/mol. The normalized spacial score (nSPS) is 13.2. The molecule has 0 amide bonds. The number of aromatic nitrogens is 1. The zero-order chi connectivity index (χ0) is 14.5. The van der Waals surface area contributed by atoms with Gasteiger partial charge in [0.2, 0.25) is 0 Å². The third kappa shape index (κ3) is 3.83. The minimum absolute atomic E-state index is 0.560. The van der Waals surface area contributed by atoms with Gasteiger partial charge in [-0.1, -0.05) is 17.7 Å². The molecule has 0 saturated heterocycles. The summed E-state index contributed by atoms with van der Waals surface area (Å²) < 4.78 is 11.1. The van der Waals surface area contributed by atoms with E-state index in [1.165, 1.54) is 0 Å². The minimum atomic E-state index is 0.560. The van der Waals surface area contributed by atoms with Crippen LogP contribution in [0.1, 0.15) is 11.3 Å². The third-order valence-corrected chi connectivity index (χ3v) is 4.47. The Morgan fingerprint density at radius 3 is 2.95 bits per heavy atom. The number of ether oxygens (including phenoxy) is 2. The second-order valence-corrected chi connectivity index (χ2v) is 6.24. The first kappa shape index (κ1) is 14.5. The summed E-state index contributed by atoms with van der Waals surface area (Å²) in [7, 11) is 0. The van der Waals surface area contributed by atoms with E-state index in [0.717, 1.165) is 34.9 Å². The van der Waals surface area contributed by atoms with Gasteiger partial charge >= 0.3 is 0 Å². The molecule has 0 atom stereocenters. The minimum Gasteiger partial charge on any atom is -0.486 e. The Balaban J connectivity index is 1.55. The first-order valence-corrected chi connectivity index (χ1v) is 8.42. The monoisotopic (exact) mass is 321 g/mol. The number of thioether (sulfide) groups is 1. The summed E-state index contributed by atoms with van der Waals surface area (Å²) in [4.78, 5) is 4.32. The standard InChI is InChI=1S/C16H16ClNO2S/c17-14-9-12(10-15-16(14)20-7-6-19-15)11-21-8-4-13-3-1-2-5-18-13/h1-3,5,9-10H,4,6-8,11H2. The number of hydrogen-bond acceptors (Lipinski definition) is 4. The molecule has 5 heteroatoms. The second kappa shape index (κ2) is 7.05. The van der Waals surface area contributed by atoms with E-state index >= 15 is 0 Å². The highest BCUT2D eigenvalue weighted by molar-refractivity contribution is 7.98. The zero-order valence-corrected chi connectivity index (χ0v) is 13.1. The maximum atomic E-state index is 6.23. The van der Waals surface area contributed by atoms with Crippen LogP contribution in [-0.4, -0.2) is 24.0 Å². The predicted octanol–water partition coefficient (Wildman–Crippen LogP) is 3.98. The maximum Gasteiger partial charge on any atom is 0.179 e. The van der Waals surface area contributed by atoms with Crippen LogP contribution in [-0.2, 0) is 12.2 Å². The van der Waals surface area contributed by atoms with E-state index < -0.39 is 0 Å². The summed E-state index contributed by atoms with van der Waals surface area (Å²) in [6.07, 6.45) is 2.81. The fourth-order valence-corrected chi connectivity index (χ4v) is 3.35. The van der Waals surface area contributed by atoms with Crippen LogP contribution < -0.4 is 9.47 Å². The topological polar surface area (TPSA) is 31.4 Å². The van der Waals surface area contributed by atoms with Gasteiger partial charge in [0.1, 0.15) is 13.2 Å². The molecule has 0 fully saturated rings. The molecule has 21 heavy (non-hydrogen) atoms. The van der Waals surface area contributed by atoms with Crippen LogP contribution in [0.3, 0.4) is 0 Å². The number of halogens is 1. The lowest BCUT2D eigenvalue weighted by Gasteiger charge is -2.20. The van der Waals surface area contributed by atoms with Gasteiger partial charge in [0.05, 0.1) is 5.02 Å². The molecule has 0 unspecified atom stereocenters. The number of fused-ring (bicyclic) bond motifs is 1. The summed E-state index contributed by atoms with van der Waals surface area (Å²) in [6, 6.07) is 10.00. The average molecular weight is 322 g/mol. The summed E-state index contributed by atoms with van der Waals surface area (Å²) >= 11 is 8.10. The van der Waals surface area contributed by atoms with Gasteiger partial charge in [-0.05, 0) is 42.0 Å². The van der Waals surface area contributed by atoms with Crippen molar-refractivity contribution in [2.45, 2.75) is 12.2 Å². The molecule has 2 heterocycles. The van der Waals surface area contributed by atoms with Crippen molar-refractivity contribution in [3.63, 3.8) is 0 Å².